The second-order valence-electron chi connectivity index (χ2n) is 4.78. The smallest absolute Gasteiger partial charge is 0.234 e. The van der Waals surface area contributed by atoms with Gasteiger partial charge in [-0.3, -0.25) is 4.79 Å². The van der Waals surface area contributed by atoms with Crippen LogP contribution in [0, 0.1) is 13.8 Å². The van der Waals surface area contributed by atoms with Crippen LogP contribution in [0.5, 0.6) is 0 Å². The standard InChI is InChI=1S/C17H19NOS2/c1-12-8-9-14(10-13(12)2)21-11-17(19)18-15-6-4-5-7-16(15)20-3/h4-10H,11H2,1-3H3,(H,18,19). The van der Waals surface area contributed by atoms with Crippen molar-refractivity contribution in [1.82, 2.24) is 0 Å². The summed E-state index contributed by atoms with van der Waals surface area (Å²) in [6.45, 7) is 4.18. The first-order chi connectivity index (χ1) is 10.1. The molecule has 1 amide bonds. The van der Waals surface area contributed by atoms with Crippen LogP contribution in [0.1, 0.15) is 11.1 Å². The molecule has 0 unspecified atom stereocenters. The second kappa shape index (κ2) is 7.57. The van der Waals surface area contributed by atoms with Crippen molar-refractivity contribution in [3.05, 3.63) is 53.6 Å². The Labute approximate surface area is 134 Å². The monoisotopic (exact) mass is 317 g/mol. The van der Waals surface area contributed by atoms with Crippen molar-refractivity contribution in [2.24, 2.45) is 0 Å². The van der Waals surface area contributed by atoms with Crippen molar-refractivity contribution in [2.45, 2.75) is 23.6 Å². The number of carbonyl (C=O) groups excluding carboxylic acids is 1. The first kappa shape index (κ1) is 16.0. The van der Waals surface area contributed by atoms with Crippen molar-refractivity contribution in [2.75, 3.05) is 17.3 Å². The summed E-state index contributed by atoms with van der Waals surface area (Å²) in [7, 11) is 0. The van der Waals surface area contributed by atoms with E-state index in [0.29, 0.717) is 5.75 Å². The number of para-hydroxylation sites is 1. The van der Waals surface area contributed by atoms with E-state index in [4.69, 9.17) is 0 Å². The fourth-order valence-electron chi connectivity index (χ4n) is 1.89. The van der Waals surface area contributed by atoms with Crippen LogP contribution in [0.3, 0.4) is 0 Å². The zero-order chi connectivity index (χ0) is 15.2. The number of thioether (sulfide) groups is 2. The van der Waals surface area contributed by atoms with Crippen LogP contribution >= 0.6 is 23.5 Å². The van der Waals surface area contributed by atoms with Gasteiger partial charge in [0.2, 0.25) is 5.91 Å². The molecule has 110 valence electrons. The molecule has 0 aromatic heterocycles. The summed E-state index contributed by atoms with van der Waals surface area (Å²) >= 11 is 3.20. The lowest BCUT2D eigenvalue weighted by Gasteiger charge is -2.09. The summed E-state index contributed by atoms with van der Waals surface area (Å²) in [6.07, 6.45) is 2.01. The Balaban J connectivity index is 1.94. The van der Waals surface area contributed by atoms with E-state index < -0.39 is 0 Å². The number of amides is 1. The molecule has 0 radical (unpaired) electrons. The number of benzene rings is 2. The number of hydrogen-bond acceptors (Lipinski definition) is 3. The van der Waals surface area contributed by atoms with Crippen molar-refractivity contribution in [3.63, 3.8) is 0 Å². The molecule has 0 fully saturated rings. The summed E-state index contributed by atoms with van der Waals surface area (Å²) in [6, 6.07) is 14.1. The van der Waals surface area contributed by atoms with E-state index in [1.54, 1.807) is 23.5 Å². The Morgan fingerprint density at radius 3 is 2.57 bits per heavy atom. The number of carbonyl (C=O) groups is 1. The Morgan fingerprint density at radius 1 is 1.10 bits per heavy atom. The van der Waals surface area contributed by atoms with Gasteiger partial charge >= 0.3 is 0 Å². The van der Waals surface area contributed by atoms with E-state index in [-0.39, 0.29) is 5.91 Å². The Hall–Kier alpha value is -1.39. The highest BCUT2D eigenvalue weighted by molar-refractivity contribution is 8.00. The van der Waals surface area contributed by atoms with E-state index in [9.17, 15) is 4.79 Å². The SMILES string of the molecule is CSc1ccccc1NC(=O)CSc1ccc(C)c(C)c1. The maximum absolute atomic E-state index is 12.1. The molecule has 2 rings (SSSR count). The largest absolute Gasteiger partial charge is 0.324 e. The summed E-state index contributed by atoms with van der Waals surface area (Å²) in [5.74, 6) is 0.449. The van der Waals surface area contributed by atoms with E-state index in [1.807, 2.05) is 30.5 Å². The number of rotatable bonds is 5. The third-order valence-electron chi connectivity index (χ3n) is 3.23. The fraction of sp³-hybridized carbons (Fsp3) is 0.235. The minimum atomic E-state index is 0.0275. The Morgan fingerprint density at radius 2 is 1.86 bits per heavy atom. The molecule has 1 N–H and O–H groups in total. The average molecular weight is 317 g/mol. The van der Waals surface area contributed by atoms with Crippen molar-refractivity contribution in [1.29, 1.82) is 0 Å². The zero-order valence-corrected chi connectivity index (χ0v) is 14.1. The summed E-state index contributed by atoms with van der Waals surface area (Å²) in [5, 5.41) is 2.98. The maximum atomic E-state index is 12.1. The Bertz CT molecular complexity index is 640. The maximum Gasteiger partial charge on any atom is 0.234 e. The minimum Gasteiger partial charge on any atom is -0.324 e. The molecule has 2 aromatic carbocycles. The van der Waals surface area contributed by atoms with Gasteiger partial charge in [0.15, 0.2) is 0 Å². The van der Waals surface area contributed by atoms with Gasteiger partial charge < -0.3 is 5.32 Å². The third kappa shape index (κ3) is 4.55. The van der Waals surface area contributed by atoms with E-state index >= 15 is 0 Å². The molecule has 2 nitrogen and oxygen atoms in total. The number of aryl methyl sites for hydroxylation is 2. The lowest BCUT2D eigenvalue weighted by molar-refractivity contribution is -0.113. The van der Waals surface area contributed by atoms with Crippen LogP contribution in [0.25, 0.3) is 0 Å². The predicted molar refractivity (Wildman–Crippen MR) is 93.5 cm³/mol. The van der Waals surface area contributed by atoms with Crippen molar-refractivity contribution >= 4 is 35.1 Å². The van der Waals surface area contributed by atoms with Gasteiger partial charge in [-0.05, 0) is 55.5 Å². The van der Waals surface area contributed by atoms with Gasteiger partial charge in [0.05, 0.1) is 11.4 Å². The molecule has 4 heteroatoms. The molecule has 0 spiro atoms. The normalized spacial score (nSPS) is 10.4. The molecule has 0 saturated carbocycles. The third-order valence-corrected chi connectivity index (χ3v) is 5.02. The van der Waals surface area contributed by atoms with Crippen LogP contribution in [0.4, 0.5) is 5.69 Å². The number of nitrogens with one attached hydrogen (secondary N) is 1. The predicted octanol–water partition coefficient (Wildman–Crippen LogP) is 4.76. The number of hydrogen-bond donors (Lipinski definition) is 1. The van der Waals surface area contributed by atoms with Gasteiger partial charge in [0, 0.05) is 9.79 Å². The van der Waals surface area contributed by atoms with Crippen LogP contribution in [0.2, 0.25) is 0 Å². The van der Waals surface area contributed by atoms with Crippen molar-refractivity contribution < 1.29 is 4.79 Å². The van der Waals surface area contributed by atoms with E-state index in [1.165, 1.54) is 11.1 Å². The highest BCUT2D eigenvalue weighted by atomic mass is 32.2. The van der Waals surface area contributed by atoms with Gasteiger partial charge in [0.1, 0.15) is 0 Å². The summed E-state index contributed by atoms with van der Waals surface area (Å²) in [4.78, 5) is 14.3. The van der Waals surface area contributed by atoms with Gasteiger partial charge in [-0.1, -0.05) is 18.2 Å². The first-order valence-electron chi connectivity index (χ1n) is 6.73. The van der Waals surface area contributed by atoms with Crippen LogP contribution in [-0.2, 0) is 4.79 Å². The van der Waals surface area contributed by atoms with Gasteiger partial charge in [-0.2, -0.15) is 0 Å². The van der Waals surface area contributed by atoms with Gasteiger partial charge in [-0.25, -0.2) is 0 Å². The van der Waals surface area contributed by atoms with Crippen molar-refractivity contribution in [3.8, 4) is 0 Å². The van der Waals surface area contributed by atoms with Gasteiger partial charge in [-0.15, -0.1) is 23.5 Å². The highest BCUT2D eigenvalue weighted by Crippen LogP contribution is 2.25. The lowest BCUT2D eigenvalue weighted by Crippen LogP contribution is -2.14. The van der Waals surface area contributed by atoms with E-state index in [0.717, 1.165) is 15.5 Å². The quantitative estimate of drug-likeness (QED) is 0.806. The molecule has 0 aliphatic heterocycles. The average Bonchev–Trinajstić information content (AvgIpc) is 2.49. The molecular formula is C17H19NOS2. The highest BCUT2D eigenvalue weighted by Gasteiger charge is 2.07. The molecule has 0 saturated heterocycles. The minimum absolute atomic E-state index is 0.0275. The number of anilines is 1. The molecule has 21 heavy (non-hydrogen) atoms. The van der Waals surface area contributed by atoms with Gasteiger partial charge in [0.25, 0.3) is 0 Å². The lowest BCUT2D eigenvalue weighted by atomic mass is 10.1. The fourth-order valence-corrected chi connectivity index (χ4v) is 3.23. The molecule has 0 aliphatic rings. The molecule has 0 bridgehead atoms. The topological polar surface area (TPSA) is 29.1 Å². The molecule has 2 aromatic rings. The Kier molecular flexibility index (Phi) is 5.76. The molecule has 0 atom stereocenters. The second-order valence-corrected chi connectivity index (χ2v) is 6.68. The summed E-state index contributed by atoms with van der Waals surface area (Å²) < 4.78 is 0. The van der Waals surface area contributed by atoms with E-state index in [2.05, 4.69) is 37.4 Å². The molecule has 0 heterocycles. The first-order valence-corrected chi connectivity index (χ1v) is 8.94. The van der Waals surface area contributed by atoms with Crippen LogP contribution < -0.4 is 5.32 Å². The zero-order valence-electron chi connectivity index (χ0n) is 12.5. The van der Waals surface area contributed by atoms with Crippen LogP contribution in [-0.4, -0.2) is 17.9 Å². The van der Waals surface area contributed by atoms with Crippen LogP contribution in [0.15, 0.2) is 52.3 Å². The molecular weight excluding hydrogens is 298 g/mol. The summed E-state index contributed by atoms with van der Waals surface area (Å²) in [5.41, 5.74) is 3.42. The molecule has 0 aliphatic carbocycles.